The average Bonchev–Trinajstić information content (AvgIpc) is 2.39. The second-order valence-electron chi connectivity index (χ2n) is 4.32. The van der Waals surface area contributed by atoms with E-state index in [9.17, 15) is 0 Å². The molecule has 0 saturated heterocycles. The van der Waals surface area contributed by atoms with E-state index >= 15 is 0 Å². The Bertz CT molecular complexity index is 544. The molecule has 0 amide bonds. The summed E-state index contributed by atoms with van der Waals surface area (Å²) in [5.74, 6) is 1.83. The summed E-state index contributed by atoms with van der Waals surface area (Å²) < 4.78 is 5.76. The van der Waals surface area contributed by atoms with E-state index in [1.165, 1.54) is 6.20 Å². The Morgan fingerprint density at radius 2 is 2.21 bits per heavy atom. The first-order valence-corrected chi connectivity index (χ1v) is 6.28. The Balaban J connectivity index is 2.10. The first-order valence-electron chi connectivity index (χ1n) is 6.28. The van der Waals surface area contributed by atoms with Gasteiger partial charge in [-0.3, -0.25) is 4.98 Å². The van der Waals surface area contributed by atoms with Crippen LogP contribution in [0.15, 0.2) is 36.7 Å². The van der Waals surface area contributed by atoms with Gasteiger partial charge in [-0.25, -0.2) is 4.98 Å². The molecule has 0 spiro atoms. The summed E-state index contributed by atoms with van der Waals surface area (Å²) in [6.45, 7) is 4.14. The predicted octanol–water partition coefficient (Wildman–Crippen LogP) is 2.98. The van der Waals surface area contributed by atoms with Gasteiger partial charge in [0.25, 0.3) is 0 Å². The smallest absolute Gasteiger partial charge is 0.151 e. The summed E-state index contributed by atoms with van der Waals surface area (Å²) in [6, 6.07) is 7.73. The van der Waals surface area contributed by atoms with Crippen molar-refractivity contribution in [3.05, 3.63) is 36.7 Å². The highest BCUT2D eigenvalue weighted by atomic mass is 16.5. The number of nitrogen functional groups attached to an aromatic ring is 1. The Labute approximate surface area is 112 Å². The van der Waals surface area contributed by atoms with Gasteiger partial charge in [0.15, 0.2) is 5.82 Å². The second-order valence-corrected chi connectivity index (χ2v) is 4.32. The van der Waals surface area contributed by atoms with Gasteiger partial charge in [-0.1, -0.05) is 13.0 Å². The van der Waals surface area contributed by atoms with E-state index in [2.05, 4.69) is 22.2 Å². The molecule has 2 rings (SSSR count). The number of hydrogen-bond acceptors (Lipinski definition) is 5. The number of rotatable bonds is 5. The van der Waals surface area contributed by atoms with E-state index in [1.807, 2.05) is 31.2 Å². The summed E-state index contributed by atoms with van der Waals surface area (Å²) in [5, 5.41) is 3.14. The number of hydrogen-bond donors (Lipinski definition) is 2. The van der Waals surface area contributed by atoms with Gasteiger partial charge in [-0.15, -0.1) is 0 Å². The summed E-state index contributed by atoms with van der Waals surface area (Å²) in [5.41, 5.74) is 6.48. The van der Waals surface area contributed by atoms with Crippen LogP contribution in [0.25, 0.3) is 0 Å². The second kappa shape index (κ2) is 6.04. The Kier molecular flexibility index (Phi) is 4.18. The number of nitrogens with one attached hydrogen (secondary N) is 1. The summed E-state index contributed by atoms with van der Waals surface area (Å²) in [7, 11) is 0. The lowest BCUT2D eigenvalue weighted by Crippen LogP contribution is -2.09. The minimum atomic E-state index is 0.197. The molecule has 0 saturated carbocycles. The summed E-state index contributed by atoms with van der Waals surface area (Å²) in [6.07, 6.45) is 4.30. The van der Waals surface area contributed by atoms with E-state index in [-0.39, 0.29) is 6.10 Å². The zero-order valence-electron chi connectivity index (χ0n) is 11.1. The maximum Gasteiger partial charge on any atom is 0.151 e. The fourth-order valence-corrected chi connectivity index (χ4v) is 1.55. The SMILES string of the molecule is CCC(C)Oc1cccc(Nc2cncc(N)n2)c1. The largest absolute Gasteiger partial charge is 0.491 e. The molecule has 0 aliphatic heterocycles. The number of nitrogens with two attached hydrogens (primary N) is 1. The van der Waals surface area contributed by atoms with Crippen molar-refractivity contribution in [3.63, 3.8) is 0 Å². The zero-order valence-corrected chi connectivity index (χ0v) is 11.1. The van der Waals surface area contributed by atoms with Crippen molar-refractivity contribution in [2.75, 3.05) is 11.1 Å². The van der Waals surface area contributed by atoms with Gasteiger partial charge in [0, 0.05) is 11.8 Å². The molecule has 0 radical (unpaired) electrons. The van der Waals surface area contributed by atoms with E-state index in [1.54, 1.807) is 6.20 Å². The minimum Gasteiger partial charge on any atom is -0.491 e. The lowest BCUT2D eigenvalue weighted by atomic mass is 10.2. The van der Waals surface area contributed by atoms with E-state index in [0.717, 1.165) is 17.9 Å². The van der Waals surface area contributed by atoms with Crippen molar-refractivity contribution in [1.82, 2.24) is 9.97 Å². The molecule has 1 atom stereocenters. The fourth-order valence-electron chi connectivity index (χ4n) is 1.55. The summed E-state index contributed by atoms with van der Waals surface area (Å²) in [4.78, 5) is 8.12. The van der Waals surface area contributed by atoms with Crippen LogP contribution in [0.4, 0.5) is 17.3 Å². The average molecular weight is 258 g/mol. The lowest BCUT2D eigenvalue weighted by molar-refractivity contribution is 0.217. The molecule has 2 aromatic rings. The molecule has 0 aliphatic carbocycles. The molecule has 19 heavy (non-hydrogen) atoms. The van der Waals surface area contributed by atoms with Gasteiger partial charge < -0.3 is 15.8 Å². The van der Waals surface area contributed by atoms with Gasteiger partial charge in [-0.05, 0) is 25.5 Å². The molecule has 3 N–H and O–H groups in total. The van der Waals surface area contributed by atoms with Crippen molar-refractivity contribution in [2.45, 2.75) is 26.4 Å². The monoisotopic (exact) mass is 258 g/mol. The van der Waals surface area contributed by atoms with Crippen LogP contribution in [0.3, 0.4) is 0 Å². The number of benzene rings is 1. The van der Waals surface area contributed by atoms with Crippen LogP contribution >= 0.6 is 0 Å². The first kappa shape index (κ1) is 13.1. The van der Waals surface area contributed by atoms with Gasteiger partial charge in [0.2, 0.25) is 0 Å². The standard InChI is InChI=1S/C14H18N4O/c1-3-10(2)19-12-6-4-5-11(7-12)17-14-9-16-8-13(15)18-14/h4-10H,3H2,1-2H3,(H3,15,17,18). The third kappa shape index (κ3) is 3.84. The Morgan fingerprint density at radius 1 is 1.37 bits per heavy atom. The lowest BCUT2D eigenvalue weighted by Gasteiger charge is -2.13. The van der Waals surface area contributed by atoms with Crippen LogP contribution in [0.5, 0.6) is 5.75 Å². The van der Waals surface area contributed by atoms with Gasteiger partial charge in [0.1, 0.15) is 11.6 Å². The van der Waals surface area contributed by atoms with Crippen molar-refractivity contribution >= 4 is 17.3 Å². The quantitative estimate of drug-likeness (QED) is 0.862. The summed E-state index contributed by atoms with van der Waals surface area (Å²) >= 11 is 0. The molecule has 1 aromatic heterocycles. The van der Waals surface area contributed by atoms with E-state index < -0.39 is 0 Å². The first-order chi connectivity index (χ1) is 9.17. The van der Waals surface area contributed by atoms with Gasteiger partial charge in [0.05, 0.1) is 18.5 Å². The van der Waals surface area contributed by atoms with Crippen LogP contribution in [-0.4, -0.2) is 16.1 Å². The Morgan fingerprint density at radius 3 is 2.95 bits per heavy atom. The Hall–Kier alpha value is -2.30. The normalized spacial score (nSPS) is 11.9. The topological polar surface area (TPSA) is 73.1 Å². The number of anilines is 3. The highest BCUT2D eigenvalue weighted by Crippen LogP contribution is 2.21. The minimum absolute atomic E-state index is 0.197. The molecular formula is C14H18N4O. The van der Waals surface area contributed by atoms with E-state index in [0.29, 0.717) is 11.6 Å². The third-order valence-corrected chi connectivity index (χ3v) is 2.67. The molecular weight excluding hydrogens is 240 g/mol. The van der Waals surface area contributed by atoms with Crippen molar-refractivity contribution in [2.24, 2.45) is 0 Å². The third-order valence-electron chi connectivity index (χ3n) is 2.67. The zero-order chi connectivity index (χ0) is 13.7. The highest BCUT2D eigenvalue weighted by molar-refractivity contribution is 5.58. The van der Waals surface area contributed by atoms with Crippen LogP contribution in [0.1, 0.15) is 20.3 Å². The van der Waals surface area contributed by atoms with Gasteiger partial charge in [-0.2, -0.15) is 0 Å². The van der Waals surface area contributed by atoms with Gasteiger partial charge >= 0.3 is 0 Å². The maximum absolute atomic E-state index is 5.76. The number of aromatic nitrogens is 2. The molecule has 5 heteroatoms. The van der Waals surface area contributed by atoms with Crippen molar-refractivity contribution in [1.29, 1.82) is 0 Å². The molecule has 1 heterocycles. The molecule has 1 aromatic carbocycles. The highest BCUT2D eigenvalue weighted by Gasteiger charge is 2.03. The van der Waals surface area contributed by atoms with Crippen molar-refractivity contribution < 1.29 is 4.74 Å². The molecule has 0 fully saturated rings. The van der Waals surface area contributed by atoms with Crippen LogP contribution in [-0.2, 0) is 0 Å². The van der Waals surface area contributed by atoms with Crippen LogP contribution in [0.2, 0.25) is 0 Å². The fraction of sp³-hybridized carbons (Fsp3) is 0.286. The molecule has 0 bridgehead atoms. The molecule has 1 unspecified atom stereocenters. The maximum atomic E-state index is 5.76. The molecule has 5 nitrogen and oxygen atoms in total. The predicted molar refractivity (Wildman–Crippen MR) is 76.6 cm³/mol. The number of ether oxygens (including phenoxy) is 1. The molecule has 0 aliphatic rings. The number of nitrogens with zero attached hydrogens (tertiary/aromatic N) is 2. The van der Waals surface area contributed by atoms with Crippen LogP contribution < -0.4 is 15.8 Å². The van der Waals surface area contributed by atoms with Crippen LogP contribution in [0, 0.1) is 0 Å². The van der Waals surface area contributed by atoms with E-state index in [4.69, 9.17) is 10.5 Å². The van der Waals surface area contributed by atoms with Crippen molar-refractivity contribution in [3.8, 4) is 5.75 Å². The molecule has 100 valence electrons.